The van der Waals surface area contributed by atoms with E-state index in [0.717, 1.165) is 39.3 Å². The zero-order valence-corrected chi connectivity index (χ0v) is 20.6. The number of carbonyl (C=O) groups excluding carboxylic acids is 1. The molecule has 0 atom stereocenters. The summed E-state index contributed by atoms with van der Waals surface area (Å²) in [5.74, 6) is 0.567. The van der Waals surface area contributed by atoms with Crippen LogP contribution in [0.15, 0.2) is 91.0 Å². The number of para-hydroxylation sites is 1. The van der Waals surface area contributed by atoms with Crippen molar-refractivity contribution in [3.8, 4) is 28.3 Å². The topological polar surface area (TPSA) is 64.1 Å². The number of rotatable bonds is 6. The van der Waals surface area contributed by atoms with Crippen molar-refractivity contribution in [1.82, 2.24) is 15.3 Å². The van der Waals surface area contributed by atoms with Gasteiger partial charge < -0.3 is 10.1 Å². The molecule has 0 unspecified atom stereocenters. The SMILES string of the molecule is COc1ccccc1CNC(=O)c1ccc2nc(-c3ccc(C)cc3)c(-c3ccc(C)cc3)nc2c1. The average Bonchev–Trinajstić information content (AvgIpc) is 2.91. The summed E-state index contributed by atoms with van der Waals surface area (Å²) in [6.45, 7) is 4.50. The normalized spacial score (nSPS) is 10.9. The number of aryl methyl sites for hydroxylation is 2. The Labute approximate surface area is 210 Å². The maximum absolute atomic E-state index is 13.0. The Morgan fingerprint density at radius 2 is 1.33 bits per heavy atom. The third kappa shape index (κ3) is 4.82. The molecule has 0 saturated heterocycles. The van der Waals surface area contributed by atoms with Gasteiger partial charge in [-0.2, -0.15) is 0 Å². The first-order valence-electron chi connectivity index (χ1n) is 11.9. The summed E-state index contributed by atoms with van der Waals surface area (Å²) in [4.78, 5) is 23.0. The summed E-state index contributed by atoms with van der Waals surface area (Å²) in [7, 11) is 1.62. The molecular formula is C31H27N3O2. The molecular weight excluding hydrogens is 446 g/mol. The summed E-state index contributed by atoms with van der Waals surface area (Å²) in [5, 5.41) is 2.98. The molecule has 5 nitrogen and oxygen atoms in total. The molecule has 0 bridgehead atoms. The van der Waals surface area contributed by atoms with Crippen LogP contribution in [0.2, 0.25) is 0 Å². The van der Waals surface area contributed by atoms with Gasteiger partial charge in [-0.1, -0.05) is 77.9 Å². The van der Waals surface area contributed by atoms with Gasteiger partial charge in [-0.05, 0) is 38.1 Å². The van der Waals surface area contributed by atoms with Crippen molar-refractivity contribution in [1.29, 1.82) is 0 Å². The fourth-order valence-corrected chi connectivity index (χ4v) is 4.15. The average molecular weight is 474 g/mol. The number of ether oxygens (including phenoxy) is 1. The van der Waals surface area contributed by atoms with Crippen molar-refractivity contribution in [3.63, 3.8) is 0 Å². The minimum absolute atomic E-state index is 0.177. The molecule has 0 spiro atoms. The second-order valence-electron chi connectivity index (χ2n) is 8.85. The van der Waals surface area contributed by atoms with Crippen molar-refractivity contribution < 1.29 is 9.53 Å². The monoisotopic (exact) mass is 473 g/mol. The van der Waals surface area contributed by atoms with E-state index >= 15 is 0 Å². The van der Waals surface area contributed by atoms with Gasteiger partial charge in [0.2, 0.25) is 0 Å². The molecule has 0 aliphatic rings. The smallest absolute Gasteiger partial charge is 0.251 e. The van der Waals surface area contributed by atoms with Crippen LogP contribution in [0.25, 0.3) is 33.5 Å². The van der Waals surface area contributed by atoms with Crippen LogP contribution in [0.3, 0.4) is 0 Å². The number of carbonyl (C=O) groups is 1. The lowest BCUT2D eigenvalue weighted by molar-refractivity contribution is 0.0951. The molecule has 5 aromatic rings. The first kappa shape index (κ1) is 23.2. The highest BCUT2D eigenvalue weighted by molar-refractivity contribution is 5.98. The van der Waals surface area contributed by atoms with Crippen LogP contribution in [0.1, 0.15) is 27.0 Å². The summed E-state index contributed by atoms with van der Waals surface area (Å²) < 4.78 is 5.39. The number of methoxy groups -OCH3 is 1. The van der Waals surface area contributed by atoms with E-state index in [0.29, 0.717) is 17.6 Å². The Hall–Kier alpha value is -4.51. The Morgan fingerprint density at radius 3 is 1.94 bits per heavy atom. The van der Waals surface area contributed by atoms with Gasteiger partial charge in [0.15, 0.2) is 0 Å². The molecule has 4 aromatic carbocycles. The lowest BCUT2D eigenvalue weighted by Crippen LogP contribution is -2.23. The maximum Gasteiger partial charge on any atom is 0.251 e. The highest BCUT2D eigenvalue weighted by Crippen LogP contribution is 2.31. The number of nitrogens with zero attached hydrogens (tertiary/aromatic N) is 2. The quantitative estimate of drug-likeness (QED) is 0.305. The molecule has 0 aliphatic carbocycles. The molecule has 0 aliphatic heterocycles. The summed E-state index contributed by atoms with van der Waals surface area (Å²) in [6, 6.07) is 29.7. The van der Waals surface area contributed by atoms with E-state index in [9.17, 15) is 4.79 Å². The van der Waals surface area contributed by atoms with Gasteiger partial charge in [-0.15, -0.1) is 0 Å². The van der Waals surface area contributed by atoms with Crippen molar-refractivity contribution in [2.45, 2.75) is 20.4 Å². The van der Waals surface area contributed by atoms with E-state index < -0.39 is 0 Å². The standard InChI is InChI=1S/C31H27N3O2/c1-20-8-12-22(13-9-20)29-30(23-14-10-21(2)11-15-23)34-27-18-24(16-17-26(27)33-29)31(35)32-19-25-6-4-5-7-28(25)36-3/h4-18H,19H2,1-3H3,(H,32,35). The van der Waals surface area contributed by atoms with Crippen LogP contribution in [0.4, 0.5) is 0 Å². The predicted molar refractivity (Wildman–Crippen MR) is 144 cm³/mol. The fourth-order valence-electron chi connectivity index (χ4n) is 4.15. The van der Waals surface area contributed by atoms with Crippen LogP contribution in [-0.4, -0.2) is 23.0 Å². The van der Waals surface area contributed by atoms with Gasteiger partial charge in [0.05, 0.1) is 29.5 Å². The number of fused-ring (bicyclic) bond motifs is 1. The Kier molecular flexibility index (Phi) is 6.46. The molecule has 5 rings (SSSR count). The second kappa shape index (κ2) is 10.0. The van der Waals surface area contributed by atoms with Crippen molar-refractivity contribution in [2.75, 3.05) is 7.11 Å². The number of hydrogen-bond donors (Lipinski definition) is 1. The third-order valence-electron chi connectivity index (χ3n) is 6.21. The first-order chi connectivity index (χ1) is 17.5. The van der Waals surface area contributed by atoms with E-state index in [1.165, 1.54) is 11.1 Å². The number of nitrogens with one attached hydrogen (secondary N) is 1. The molecule has 1 N–H and O–H groups in total. The fraction of sp³-hybridized carbons (Fsp3) is 0.129. The number of hydrogen-bond acceptors (Lipinski definition) is 4. The lowest BCUT2D eigenvalue weighted by Gasteiger charge is -2.12. The number of aromatic nitrogens is 2. The second-order valence-corrected chi connectivity index (χ2v) is 8.85. The summed E-state index contributed by atoms with van der Waals surface area (Å²) in [6.07, 6.45) is 0. The predicted octanol–water partition coefficient (Wildman–Crippen LogP) is 6.52. The molecule has 1 amide bonds. The minimum Gasteiger partial charge on any atom is -0.496 e. The minimum atomic E-state index is -0.177. The lowest BCUT2D eigenvalue weighted by atomic mass is 10.0. The zero-order chi connectivity index (χ0) is 25.1. The van der Waals surface area contributed by atoms with E-state index in [1.54, 1.807) is 19.2 Å². The first-order valence-corrected chi connectivity index (χ1v) is 11.9. The van der Waals surface area contributed by atoms with E-state index in [4.69, 9.17) is 14.7 Å². The van der Waals surface area contributed by atoms with Gasteiger partial charge in [0, 0.05) is 28.8 Å². The third-order valence-corrected chi connectivity index (χ3v) is 6.21. The van der Waals surface area contributed by atoms with Gasteiger partial charge >= 0.3 is 0 Å². The molecule has 178 valence electrons. The van der Waals surface area contributed by atoms with Gasteiger partial charge in [-0.25, -0.2) is 9.97 Å². The Morgan fingerprint density at radius 1 is 0.750 bits per heavy atom. The number of benzene rings is 4. The van der Waals surface area contributed by atoms with E-state index in [1.807, 2.05) is 30.3 Å². The molecule has 0 fully saturated rings. The van der Waals surface area contributed by atoms with Gasteiger partial charge in [0.1, 0.15) is 5.75 Å². The van der Waals surface area contributed by atoms with E-state index in [-0.39, 0.29) is 5.91 Å². The molecule has 0 saturated carbocycles. The van der Waals surface area contributed by atoms with Crippen molar-refractivity contribution in [2.24, 2.45) is 0 Å². The summed E-state index contributed by atoms with van der Waals surface area (Å²) in [5.41, 5.74) is 8.82. The van der Waals surface area contributed by atoms with E-state index in [2.05, 4.69) is 67.7 Å². The van der Waals surface area contributed by atoms with Crippen molar-refractivity contribution in [3.05, 3.63) is 113 Å². The van der Waals surface area contributed by atoms with Crippen LogP contribution in [0, 0.1) is 13.8 Å². The largest absolute Gasteiger partial charge is 0.496 e. The van der Waals surface area contributed by atoms with Crippen LogP contribution < -0.4 is 10.1 Å². The van der Waals surface area contributed by atoms with Crippen LogP contribution in [-0.2, 0) is 6.54 Å². The molecule has 0 radical (unpaired) electrons. The van der Waals surface area contributed by atoms with Crippen LogP contribution >= 0.6 is 0 Å². The summed E-state index contributed by atoms with van der Waals surface area (Å²) >= 11 is 0. The molecule has 5 heteroatoms. The number of amides is 1. The molecule has 1 heterocycles. The molecule has 36 heavy (non-hydrogen) atoms. The van der Waals surface area contributed by atoms with Crippen molar-refractivity contribution >= 4 is 16.9 Å². The van der Waals surface area contributed by atoms with Gasteiger partial charge in [-0.3, -0.25) is 4.79 Å². The van der Waals surface area contributed by atoms with Crippen LogP contribution in [0.5, 0.6) is 5.75 Å². The van der Waals surface area contributed by atoms with Gasteiger partial charge in [0.25, 0.3) is 5.91 Å². The maximum atomic E-state index is 13.0. The highest BCUT2D eigenvalue weighted by Gasteiger charge is 2.15. The Balaban J connectivity index is 1.52. The molecule has 1 aromatic heterocycles. The Bertz CT molecular complexity index is 1540. The zero-order valence-electron chi connectivity index (χ0n) is 20.6. The highest BCUT2D eigenvalue weighted by atomic mass is 16.5.